The lowest BCUT2D eigenvalue weighted by Crippen LogP contribution is -2.54. The van der Waals surface area contributed by atoms with Crippen molar-refractivity contribution in [3.8, 4) is 5.75 Å². The SMILES string of the molecule is COc1cccc(CN(C(=O)CN(c2cc(C)cc(C)c2)S(=O)(=O)c2ccccc2)[C@@H](Cc2ccccc2)C(=O)NC(C)C)c1. The van der Waals surface area contributed by atoms with Gasteiger partial charge in [-0.05, 0) is 86.3 Å². The fraction of sp³-hybridized carbons (Fsp3) is 0.278. The Balaban J connectivity index is 1.83. The highest BCUT2D eigenvalue weighted by Crippen LogP contribution is 2.27. The van der Waals surface area contributed by atoms with Gasteiger partial charge >= 0.3 is 0 Å². The highest BCUT2D eigenvalue weighted by atomic mass is 32.2. The summed E-state index contributed by atoms with van der Waals surface area (Å²) >= 11 is 0. The van der Waals surface area contributed by atoms with Crippen LogP contribution in [0.3, 0.4) is 0 Å². The summed E-state index contributed by atoms with van der Waals surface area (Å²) in [6.45, 7) is 7.04. The van der Waals surface area contributed by atoms with Gasteiger partial charge in [0, 0.05) is 19.0 Å². The first-order valence-electron chi connectivity index (χ1n) is 14.9. The number of sulfonamides is 1. The van der Waals surface area contributed by atoms with Crippen molar-refractivity contribution in [3.05, 3.63) is 125 Å². The van der Waals surface area contributed by atoms with Crippen LogP contribution in [-0.4, -0.2) is 50.9 Å². The number of amides is 2. The minimum atomic E-state index is -4.16. The molecule has 1 atom stereocenters. The Bertz CT molecular complexity index is 1690. The molecule has 0 bridgehead atoms. The minimum Gasteiger partial charge on any atom is -0.497 e. The van der Waals surface area contributed by atoms with Crippen molar-refractivity contribution >= 4 is 27.5 Å². The first-order chi connectivity index (χ1) is 21.5. The van der Waals surface area contributed by atoms with Crippen molar-refractivity contribution in [1.82, 2.24) is 10.2 Å². The number of benzene rings is 4. The van der Waals surface area contributed by atoms with Crippen LogP contribution in [0.2, 0.25) is 0 Å². The van der Waals surface area contributed by atoms with Crippen LogP contribution in [-0.2, 0) is 32.6 Å². The van der Waals surface area contributed by atoms with Crippen molar-refractivity contribution in [2.45, 2.75) is 57.6 Å². The summed E-state index contributed by atoms with van der Waals surface area (Å²) in [7, 11) is -2.60. The second-order valence-corrected chi connectivity index (χ2v) is 13.3. The molecule has 0 radical (unpaired) electrons. The molecule has 0 fully saturated rings. The molecule has 0 heterocycles. The zero-order valence-electron chi connectivity index (χ0n) is 26.4. The van der Waals surface area contributed by atoms with Gasteiger partial charge in [0.15, 0.2) is 0 Å². The first-order valence-corrected chi connectivity index (χ1v) is 16.3. The third-order valence-electron chi connectivity index (χ3n) is 7.29. The third-order valence-corrected chi connectivity index (χ3v) is 9.08. The monoisotopic (exact) mass is 627 g/mol. The number of hydrogen-bond donors (Lipinski definition) is 1. The molecule has 4 rings (SSSR count). The molecule has 8 nitrogen and oxygen atoms in total. The van der Waals surface area contributed by atoms with Crippen LogP contribution in [0.4, 0.5) is 5.69 Å². The second kappa shape index (κ2) is 14.9. The summed E-state index contributed by atoms with van der Waals surface area (Å²) in [5.74, 6) is -0.236. The first kappa shape index (κ1) is 33.3. The van der Waals surface area contributed by atoms with Crippen LogP contribution in [0, 0.1) is 13.8 Å². The van der Waals surface area contributed by atoms with E-state index >= 15 is 0 Å². The number of nitrogens with zero attached hydrogens (tertiary/aromatic N) is 2. The Kier molecular flexibility index (Phi) is 11.0. The predicted molar refractivity (Wildman–Crippen MR) is 178 cm³/mol. The molecule has 0 unspecified atom stereocenters. The Morgan fingerprint density at radius 2 is 1.40 bits per heavy atom. The van der Waals surface area contributed by atoms with Gasteiger partial charge in [-0.1, -0.05) is 66.7 Å². The Hall–Kier alpha value is -4.63. The van der Waals surface area contributed by atoms with E-state index < -0.39 is 28.5 Å². The molecule has 4 aromatic carbocycles. The molecule has 4 aromatic rings. The number of anilines is 1. The van der Waals surface area contributed by atoms with Crippen LogP contribution in [0.1, 0.15) is 36.1 Å². The van der Waals surface area contributed by atoms with Crippen LogP contribution in [0.15, 0.2) is 108 Å². The van der Waals surface area contributed by atoms with Crippen molar-refractivity contribution in [2.24, 2.45) is 0 Å². The number of methoxy groups -OCH3 is 1. The summed E-state index contributed by atoms with van der Waals surface area (Å²) in [6, 6.07) is 29.2. The lowest BCUT2D eigenvalue weighted by Gasteiger charge is -2.34. The van der Waals surface area contributed by atoms with E-state index in [9.17, 15) is 18.0 Å². The molecule has 1 N–H and O–H groups in total. The molecule has 0 saturated heterocycles. The molecule has 0 spiro atoms. The van der Waals surface area contributed by atoms with Gasteiger partial charge in [0.2, 0.25) is 11.8 Å². The normalized spacial score (nSPS) is 12.0. The van der Waals surface area contributed by atoms with Crippen molar-refractivity contribution < 1.29 is 22.7 Å². The van der Waals surface area contributed by atoms with Gasteiger partial charge in [0.1, 0.15) is 18.3 Å². The lowest BCUT2D eigenvalue weighted by molar-refractivity contribution is -0.140. The van der Waals surface area contributed by atoms with Crippen LogP contribution in [0.25, 0.3) is 0 Å². The molecule has 45 heavy (non-hydrogen) atoms. The van der Waals surface area contributed by atoms with E-state index in [0.29, 0.717) is 11.4 Å². The molecular weight excluding hydrogens is 586 g/mol. The number of ether oxygens (including phenoxy) is 1. The largest absolute Gasteiger partial charge is 0.497 e. The number of carbonyl (C=O) groups excluding carboxylic acids is 2. The summed E-state index contributed by atoms with van der Waals surface area (Å²) in [5.41, 5.74) is 3.70. The fourth-order valence-corrected chi connectivity index (χ4v) is 6.66. The second-order valence-electron chi connectivity index (χ2n) is 11.4. The zero-order chi connectivity index (χ0) is 32.6. The molecule has 236 valence electrons. The third kappa shape index (κ3) is 8.73. The van der Waals surface area contributed by atoms with Gasteiger partial charge < -0.3 is 15.0 Å². The molecular formula is C36H41N3O5S. The zero-order valence-corrected chi connectivity index (χ0v) is 27.3. The topological polar surface area (TPSA) is 96.0 Å². The van der Waals surface area contributed by atoms with Gasteiger partial charge in [0.05, 0.1) is 17.7 Å². The number of hydrogen-bond acceptors (Lipinski definition) is 5. The number of carbonyl (C=O) groups is 2. The van der Waals surface area contributed by atoms with E-state index in [1.54, 1.807) is 43.5 Å². The van der Waals surface area contributed by atoms with E-state index in [2.05, 4.69) is 5.32 Å². The van der Waals surface area contributed by atoms with E-state index in [0.717, 1.165) is 26.6 Å². The Morgan fingerprint density at radius 3 is 2.00 bits per heavy atom. The molecule has 0 aliphatic rings. The van der Waals surface area contributed by atoms with Crippen LogP contribution >= 0.6 is 0 Å². The van der Waals surface area contributed by atoms with Gasteiger partial charge in [-0.3, -0.25) is 13.9 Å². The maximum Gasteiger partial charge on any atom is 0.264 e. The van der Waals surface area contributed by atoms with Crippen LogP contribution < -0.4 is 14.4 Å². The highest BCUT2D eigenvalue weighted by molar-refractivity contribution is 7.92. The molecule has 0 aliphatic carbocycles. The maximum absolute atomic E-state index is 14.6. The van der Waals surface area contributed by atoms with Gasteiger partial charge in [-0.15, -0.1) is 0 Å². The standard InChI is InChI=1S/C36H41N3O5S/c1-26(2)37-36(41)34(23-29-13-8-6-9-14-29)38(24-30-15-12-16-32(22-30)44-5)35(40)25-39(31-20-27(3)19-28(4)21-31)45(42,43)33-17-10-7-11-18-33/h6-22,26,34H,23-25H2,1-5H3,(H,37,41)/t34-/m0/s1. The highest BCUT2D eigenvalue weighted by Gasteiger charge is 2.35. The van der Waals surface area contributed by atoms with Crippen LogP contribution in [0.5, 0.6) is 5.75 Å². The smallest absolute Gasteiger partial charge is 0.264 e. The van der Waals surface area contributed by atoms with E-state index in [-0.39, 0.29) is 29.8 Å². The van der Waals surface area contributed by atoms with Gasteiger partial charge in [-0.2, -0.15) is 0 Å². The number of nitrogens with one attached hydrogen (secondary N) is 1. The lowest BCUT2D eigenvalue weighted by atomic mass is 10.0. The van der Waals surface area contributed by atoms with E-state index in [4.69, 9.17) is 4.74 Å². The average Bonchev–Trinajstić information content (AvgIpc) is 3.01. The van der Waals surface area contributed by atoms with Crippen molar-refractivity contribution in [3.63, 3.8) is 0 Å². The summed E-state index contributed by atoms with van der Waals surface area (Å²) in [6.07, 6.45) is 0.240. The minimum absolute atomic E-state index is 0.0606. The average molecular weight is 628 g/mol. The van der Waals surface area contributed by atoms with E-state index in [1.807, 2.05) is 82.3 Å². The van der Waals surface area contributed by atoms with Gasteiger partial charge in [0.25, 0.3) is 10.0 Å². The number of rotatable bonds is 13. The molecule has 9 heteroatoms. The quantitative estimate of drug-likeness (QED) is 0.206. The summed E-state index contributed by atoms with van der Waals surface area (Å²) in [4.78, 5) is 29.9. The summed E-state index contributed by atoms with van der Waals surface area (Å²) in [5, 5.41) is 2.97. The van der Waals surface area contributed by atoms with Crippen molar-refractivity contribution in [1.29, 1.82) is 0 Å². The Labute approximate surface area is 266 Å². The maximum atomic E-state index is 14.6. The fourth-order valence-electron chi connectivity index (χ4n) is 5.25. The Morgan fingerprint density at radius 1 is 0.800 bits per heavy atom. The predicted octanol–water partition coefficient (Wildman–Crippen LogP) is 5.67. The molecule has 0 saturated carbocycles. The molecule has 2 amide bonds. The number of aryl methyl sites for hydroxylation is 2. The summed E-state index contributed by atoms with van der Waals surface area (Å²) < 4.78 is 34.9. The van der Waals surface area contributed by atoms with Gasteiger partial charge in [-0.25, -0.2) is 8.42 Å². The van der Waals surface area contributed by atoms with E-state index in [1.165, 1.54) is 17.0 Å². The van der Waals surface area contributed by atoms with Crippen molar-refractivity contribution in [2.75, 3.05) is 18.0 Å². The molecule has 0 aromatic heterocycles. The molecule has 0 aliphatic heterocycles.